The lowest BCUT2D eigenvalue weighted by Crippen LogP contribution is -2.46. The second kappa shape index (κ2) is 7.08. The van der Waals surface area contributed by atoms with Crippen LogP contribution in [0.25, 0.3) is 0 Å². The maximum Gasteiger partial charge on any atom is 0.321 e. The number of piperidine rings is 1. The fourth-order valence-electron chi connectivity index (χ4n) is 3.45. The summed E-state index contributed by atoms with van der Waals surface area (Å²) in [6, 6.07) is 10.9. The number of anilines is 1. The third-order valence-corrected chi connectivity index (χ3v) is 5.05. The zero-order valence-corrected chi connectivity index (χ0v) is 14.8. The first-order chi connectivity index (χ1) is 13.0. The number of ether oxygens (including phenoxy) is 2. The first kappa shape index (κ1) is 17.6. The predicted octanol–water partition coefficient (Wildman–Crippen LogP) is 3.11. The Kier molecular flexibility index (Phi) is 4.61. The van der Waals surface area contributed by atoms with Gasteiger partial charge in [-0.25, -0.2) is 9.18 Å². The number of aliphatic hydroxyl groups is 1. The van der Waals surface area contributed by atoms with Gasteiger partial charge in [-0.2, -0.15) is 0 Å². The number of carbonyl (C=O) groups excluding carboxylic acids is 1. The molecule has 142 valence electrons. The summed E-state index contributed by atoms with van der Waals surface area (Å²) >= 11 is 0. The number of rotatable bonds is 2. The number of likely N-dealkylation sites (tertiary alicyclic amines) is 1. The molecule has 7 heteroatoms. The predicted molar refractivity (Wildman–Crippen MR) is 97.6 cm³/mol. The SMILES string of the molecule is O=C(Nc1ccc2c(c1)OCCO2)N1CCC(O)(c2ccc(F)cc2)CC1. The van der Waals surface area contributed by atoms with Crippen LogP contribution in [0.5, 0.6) is 11.5 Å². The Morgan fingerprint density at radius 1 is 1.04 bits per heavy atom. The van der Waals surface area contributed by atoms with Crippen LogP contribution in [0.1, 0.15) is 18.4 Å². The summed E-state index contributed by atoms with van der Waals surface area (Å²) in [7, 11) is 0. The highest BCUT2D eigenvalue weighted by atomic mass is 19.1. The van der Waals surface area contributed by atoms with Gasteiger partial charge in [0.15, 0.2) is 11.5 Å². The van der Waals surface area contributed by atoms with Crippen LogP contribution in [-0.2, 0) is 5.60 Å². The van der Waals surface area contributed by atoms with Gasteiger partial charge in [0.1, 0.15) is 19.0 Å². The minimum absolute atomic E-state index is 0.229. The lowest BCUT2D eigenvalue weighted by molar-refractivity contribution is -0.0157. The van der Waals surface area contributed by atoms with Crippen molar-refractivity contribution in [1.29, 1.82) is 0 Å². The Bertz CT molecular complexity index is 832. The molecule has 0 aromatic heterocycles. The maximum atomic E-state index is 13.1. The minimum Gasteiger partial charge on any atom is -0.486 e. The zero-order valence-electron chi connectivity index (χ0n) is 14.8. The lowest BCUT2D eigenvalue weighted by Gasteiger charge is -2.38. The van der Waals surface area contributed by atoms with Crippen LogP contribution in [0.4, 0.5) is 14.9 Å². The Balaban J connectivity index is 1.38. The van der Waals surface area contributed by atoms with Gasteiger partial charge in [0, 0.05) is 24.8 Å². The van der Waals surface area contributed by atoms with Crippen LogP contribution < -0.4 is 14.8 Å². The van der Waals surface area contributed by atoms with E-state index in [0.717, 1.165) is 0 Å². The van der Waals surface area contributed by atoms with E-state index >= 15 is 0 Å². The Labute approximate surface area is 156 Å². The molecular weight excluding hydrogens is 351 g/mol. The standard InChI is InChI=1S/C20H21FN2O4/c21-15-3-1-14(2-4-15)20(25)7-9-23(10-8-20)19(24)22-16-5-6-17-18(13-16)27-12-11-26-17/h1-6,13,25H,7-12H2,(H,22,24). The molecule has 2 aromatic rings. The topological polar surface area (TPSA) is 71.0 Å². The highest BCUT2D eigenvalue weighted by molar-refractivity contribution is 5.89. The molecule has 6 nitrogen and oxygen atoms in total. The number of amides is 2. The largest absolute Gasteiger partial charge is 0.486 e. The number of carbonyl (C=O) groups is 1. The van der Waals surface area contributed by atoms with Gasteiger partial charge in [-0.1, -0.05) is 12.1 Å². The van der Waals surface area contributed by atoms with E-state index in [1.165, 1.54) is 12.1 Å². The summed E-state index contributed by atoms with van der Waals surface area (Å²) in [4.78, 5) is 14.2. The van der Waals surface area contributed by atoms with Crippen molar-refractivity contribution in [3.8, 4) is 11.5 Å². The van der Waals surface area contributed by atoms with Crippen molar-refractivity contribution in [3.05, 3.63) is 53.8 Å². The fourth-order valence-corrected chi connectivity index (χ4v) is 3.45. The van der Waals surface area contributed by atoms with Gasteiger partial charge >= 0.3 is 6.03 Å². The number of nitrogens with zero attached hydrogens (tertiary/aromatic N) is 1. The molecule has 2 aromatic carbocycles. The summed E-state index contributed by atoms with van der Waals surface area (Å²) in [6.45, 7) is 1.82. The van der Waals surface area contributed by atoms with Crippen LogP contribution >= 0.6 is 0 Å². The molecule has 0 unspecified atom stereocenters. The van der Waals surface area contributed by atoms with Crippen molar-refractivity contribution in [1.82, 2.24) is 4.90 Å². The molecule has 4 rings (SSSR count). The fraction of sp³-hybridized carbons (Fsp3) is 0.350. The van der Waals surface area contributed by atoms with Crippen molar-refractivity contribution in [2.24, 2.45) is 0 Å². The molecule has 2 amide bonds. The van der Waals surface area contributed by atoms with Gasteiger partial charge < -0.3 is 24.8 Å². The molecular formula is C20H21FN2O4. The first-order valence-corrected chi connectivity index (χ1v) is 8.97. The molecule has 0 bridgehead atoms. The Morgan fingerprint density at radius 3 is 2.41 bits per heavy atom. The number of hydrogen-bond acceptors (Lipinski definition) is 4. The minimum atomic E-state index is -1.04. The van der Waals surface area contributed by atoms with Gasteiger partial charge in [0.25, 0.3) is 0 Å². The highest BCUT2D eigenvalue weighted by Crippen LogP contribution is 2.34. The molecule has 27 heavy (non-hydrogen) atoms. The molecule has 2 heterocycles. The molecule has 0 atom stereocenters. The summed E-state index contributed by atoms with van der Waals surface area (Å²) in [5, 5.41) is 13.7. The maximum absolute atomic E-state index is 13.1. The molecule has 0 spiro atoms. The van der Waals surface area contributed by atoms with Gasteiger partial charge in [-0.05, 0) is 42.7 Å². The Hall–Kier alpha value is -2.80. The molecule has 1 fully saturated rings. The van der Waals surface area contributed by atoms with E-state index in [9.17, 15) is 14.3 Å². The monoisotopic (exact) mass is 372 g/mol. The summed E-state index contributed by atoms with van der Waals surface area (Å²) in [6.07, 6.45) is 0.792. The summed E-state index contributed by atoms with van der Waals surface area (Å²) < 4.78 is 24.1. The smallest absolute Gasteiger partial charge is 0.321 e. The summed E-state index contributed by atoms with van der Waals surface area (Å²) in [5.74, 6) is 0.948. The van der Waals surface area contributed by atoms with Gasteiger partial charge in [0.2, 0.25) is 0 Å². The molecule has 2 aliphatic heterocycles. The van der Waals surface area contributed by atoms with Crippen LogP contribution in [0.15, 0.2) is 42.5 Å². The average molecular weight is 372 g/mol. The number of benzene rings is 2. The molecule has 2 aliphatic rings. The normalized spacial score (nSPS) is 18.1. The van der Waals surface area contributed by atoms with E-state index in [1.54, 1.807) is 35.2 Å². The van der Waals surface area contributed by atoms with Crippen molar-refractivity contribution >= 4 is 11.7 Å². The van der Waals surface area contributed by atoms with E-state index < -0.39 is 5.60 Å². The number of nitrogens with one attached hydrogen (secondary N) is 1. The first-order valence-electron chi connectivity index (χ1n) is 8.97. The van der Waals surface area contributed by atoms with Gasteiger partial charge in [-0.15, -0.1) is 0 Å². The van der Waals surface area contributed by atoms with E-state index in [1.807, 2.05) is 0 Å². The van der Waals surface area contributed by atoms with Crippen molar-refractivity contribution in [3.63, 3.8) is 0 Å². The van der Waals surface area contributed by atoms with E-state index in [2.05, 4.69) is 5.32 Å². The highest BCUT2D eigenvalue weighted by Gasteiger charge is 2.35. The van der Waals surface area contributed by atoms with Gasteiger partial charge in [-0.3, -0.25) is 0 Å². The van der Waals surface area contributed by atoms with Gasteiger partial charge in [0.05, 0.1) is 5.60 Å². The quantitative estimate of drug-likeness (QED) is 0.850. The lowest BCUT2D eigenvalue weighted by atomic mass is 9.84. The molecule has 1 saturated heterocycles. The van der Waals surface area contributed by atoms with E-state index in [-0.39, 0.29) is 11.8 Å². The number of halogens is 1. The zero-order chi connectivity index (χ0) is 18.9. The average Bonchev–Trinajstić information content (AvgIpc) is 2.69. The van der Waals surface area contributed by atoms with Crippen molar-refractivity contribution < 1.29 is 23.8 Å². The second-order valence-electron chi connectivity index (χ2n) is 6.81. The second-order valence-corrected chi connectivity index (χ2v) is 6.81. The number of fused-ring (bicyclic) bond motifs is 1. The van der Waals surface area contributed by atoms with Crippen molar-refractivity contribution in [2.45, 2.75) is 18.4 Å². The number of hydrogen-bond donors (Lipinski definition) is 2. The van der Waals surface area contributed by atoms with Crippen LogP contribution in [0.2, 0.25) is 0 Å². The molecule has 0 saturated carbocycles. The molecule has 0 radical (unpaired) electrons. The Morgan fingerprint density at radius 2 is 1.70 bits per heavy atom. The van der Waals surface area contributed by atoms with Crippen LogP contribution in [0, 0.1) is 5.82 Å². The third kappa shape index (κ3) is 3.68. The molecule has 2 N–H and O–H groups in total. The van der Waals surface area contributed by atoms with Crippen molar-refractivity contribution in [2.75, 3.05) is 31.6 Å². The third-order valence-electron chi connectivity index (χ3n) is 5.05. The molecule has 0 aliphatic carbocycles. The van der Waals surface area contributed by atoms with Crippen LogP contribution in [-0.4, -0.2) is 42.3 Å². The van der Waals surface area contributed by atoms with E-state index in [0.29, 0.717) is 61.9 Å². The van der Waals surface area contributed by atoms with E-state index in [4.69, 9.17) is 9.47 Å². The van der Waals surface area contributed by atoms with Crippen LogP contribution in [0.3, 0.4) is 0 Å². The summed E-state index contributed by atoms with van der Waals surface area (Å²) in [5.41, 5.74) is 0.265. The number of urea groups is 1.